The predicted octanol–water partition coefficient (Wildman–Crippen LogP) is 3.03. The minimum absolute atomic E-state index is 0.0698. The molecule has 0 radical (unpaired) electrons. The summed E-state index contributed by atoms with van der Waals surface area (Å²) in [5.74, 6) is 0.592. The number of nitriles is 1. The molecule has 0 saturated carbocycles. The van der Waals surface area contributed by atoms with Crippen LogP contribution in [0.15, 0.2) is 41.3 Å². The fraction of sp³-hybridized carbons (Fsp3) is 0.133. The number of methoxy groups -OCH3 is 2. The van der Waals surface area contributed by atoms with Crippen molar-refractivity contribution in [3.05, 3.63) is 47.0 Å². The van der Waals surface area contributed by atoms with Crippen LogP contribution >= 0.6 is 11.6 Å². The summed E-state index contributed by atoms with van der Waals surface area (Å²) in [7, 11) is -1.13. The molecule has 0 fully saturated rings. The van der Waals surface area contributed by atoms with Gasteiger partial charge in [0.1, 0.15) is 22.5 Å². The minimum Gasteiger partial charge on any atom is -0.497 e. The molecule has 2 rings (SSSR count). The van der Waals surface area contributed by atoms with Gasteiger partial charge >= 0.3 is 0 Å². The van der Waals surface area contributed by atoms with E-state index in [-0.39, 0.29) is 21.9 Å². The summed E-state index contributed by atoms with van der Waals surface area (Å²) >= 11 is 5.80. The fourth-order valence-corrected chi connectivity index (χ4v) is 3.30. The van der Waals surface area contributed by atoms with Crippen molar-refractivity contribution in [1.29, 1.82) is 5.26 Å². The van der Waals surface area contributed by atoms with E-state index in [9.17, 15) is 8.42 Å². The highest BCUT2D eigenvalue weighted by atomic mass is 35.5. The van der Waals surface area contributed by atoms with E-state index in [1.807, 2.05) is 6.07 Å². The monoisotopic (exact) mass is 352 g/mol. The molecule has 0 atom stereocenters. The SMILES string of the molecule is COc1ccc(S(=O)(=O)Nc2ccc(Cl)cc2C#N)c(OC)c1. The average Bonchev–Trinajstić information content (AvgIpc) is 2.55. The number of ether oxygens (including phenoxy) is 2. The van der Waals surface area contributed by atoms with Crippen LogP contribution in [0.2, 0.25) is 5.02 Å². The molecule has 0 aliphatic heterocycles. The van der Waals surface area contributed by atoms with Gasteiger partial charge in [0.2, 0.25) is 0 Å². The maximum atomic E-state index is 12.6. The number of rotatable bonds is 5. The van der Waals surface area contributed by atoms with Crippen molar-refractivity contribution in [3.8, 4) is 17.6 Å². The van der Waals surface area contributed by atoms with Gasteiger partial charge in [-0.15, -0.1) is 0 Å². The van der Waals surface area contributed by atoms with Gasteiger partial charge in [-0.25, -0.2) is 8.42 Å². The molecule has 0 heterocycles. The summed E-state index contributed by atoms with van der Waals surface area (Å²) in [6, 6.07) is 10.5. The molecule has 0 bridgehead atoms. The number of hydrogen-bond donors (Lipinski definition) is 1. The Morgan fingerprint density at radius 3 is 2.48 bits per heavy atom. The van der Waals surface area contributed by atoms with Crippen LogP contribution in [0.1, 0.15) is 5.56 Å². The quantitative estimate of drug-likeness (QED) is 0.893. The van der Waals surface area contributed by atoms with E-state index in [0.717, 1.165) is 0 Å². The molecule has 0 aliphatic carbocycles. The van der Waals surface area contributed by atoms with Crippen LogP contribution in [0, 0.1) is 11.3 Å². The Hall–Kier alpha value is -2.43. The van der Waals surface area contributed by atoms with Crippen molar-refractivity contribution in [1.82, 2.24) is 0 Å². The molecule has 0 saturated heterocycles. The van der Waals surface area contributed by atoms with Crippen LogP contribution < -0.4 is 14.2 Å². The Labute approximate surface area is 139 Å². The number of nitrogens with one attached hydrogen (secondary N) is 1. The molecular formula is C15H13ClN2O4S. The Morgan fingerprint density at radius 1 is 1.13 bits per heavy atom. The van der Waals surface area contributed by atoms with Crippen molar-refractivity contribution in [3.63, 3.8) is 0 Å². The van der Waals surface area contributed by atoms with Crippen LogP contribution in [0.5, 0.6) is 11.5 Å². The molecule has 23 heavy (non-hydrogen) atoms. The van der Waals surface area contributed by atoms with Crippen LogP contribution in [0.3, 0.4) is 0 Å². The molecule has 6 nitrogen and oxygen atoms in total. The van der Waals surface area contributed by atoms with E-state index in [1.54, 1.807) is 0 Å². The van der Waals surface area contributed by atoms with Gasteiger partial charge in [0.25, 0.3) is 10.0 Å². The normalized spacial score (nSPS) is 10.7. The summed E-state index contributed by atoms with van der Waals surface area (Å²) in [6.45, 7) is 0. The summed E-state index contributed by atoms with van der Waals surface area (Å²) in [4.78, 5) is -0.0698. The second-order valence-electron chi connectivity index (χ2n) is 4.42. The Morgan fingerprint density at radius 2 is 1.87 bits per heavy atom. The molecule has 2 aromatic rings. The standard InChI is InChI=1S/C15H13ClN2O4S/c1-21-12-4-6-15(14(8-12)22-2)23(19,20)18-13-5-3-11(16)7-10(13)9-17/h3-8,18H,1-2H3. The third kappa shape index (κ3) is 3.67. The zero-order chi connectivity index (χ0) is 17.0. The highest BCUT2D eigenvalue weighted by Crippen LogP contribution is 2.30. The summed E-state index contributed by atoms with van der Waals surface area (Å²) in [5, 5.41) is 9.43. The van der Waals surface area contributed by atoms with Crippen LogP contribution in [0.25, 0.3) is 0 Å². The molecule has 2 aromatic carbocycles. The maximum absolute atomic E-state index is 12.6. The molecule has 0 amide bonds. The maximum Gasteiger partial charge on any atom is 0.265 e. The van der Waals surface area contributed by atoms with Crippen molar-refractivity contribution >= 4 is 27.3 Å². The molecule has 1 N–H and O–H groups in total. The first-order valence-electron chi connectivity index (χ1n) is 6.35. The molecule has 0 aliphatic rings. The molecule has 120 valence electrons. The zero-order valence-electron chi connectivity index (χ0n) is 12.3. The van der Waals surface area contributed by atoms with Gasteiger partial charge in [-0.1, -0.05) is 11.6 Å². The smallest absolute Gasteiger partial charge is 0.265 e. The summed E-state index contributed by atoms with van der Waals surface area (Å²) in [5.41, 5.74) is 0.253. The van der Waals surface area contributed by atoms with E-state index < -0.39 is 10.0 Å². The van der Waals surface area contributed by atoms with Gasteiger partial charge in [-0.05, 0) is 30.3 Å². The van der Waals surface area contributed by atoms with Gasteiger partial charge in [-0.3, -0.25) is 4.72 Å². The van der Waals surface area contributed by atoms with Crippen molar-refractivity contribution in [2.75, 3.05) is 18.9 Å². The molecular weight excluding hydrogens is 340 g/mol. The van der Waals surface area contributed by atoms with E-state index in [2.05, 4.69) is 4.72 Å². The highest BCUT2D eigenvalue weighted by molar-refractivity contribution is 7.92. The number of sulfonamides is 1. The van der Waals surface area contributed by atoms with Crippen molar-refractivity contribution in [2.24, 2.45) is 0 Å². The lowest BCUT2D eigenvalue weighted by atomic mass is 10.2. The second-order valence-corrected chi connectivity index (χ2v) is 6.51. The first-order valence-corrected chi connectivity index (χ1v) is 8.22. The highest BCUT2D eigenvalue weighted by Gasteiger charge is 2.21. The van der Waals surface area contributed by atoms with E-state index in [0.29, 0.717) is 10.8 Å². The van der Waals surface area contributed by atoms with Crippen LogP contribution in [0.4, 0.5) is 5.69 Å². The number of hydrogen-bond acceptors (Lipinski definition) is 5. The van der Waals surface area contributed by atoms with Crippen LogP contribution in [-0.4, -0.2) is 22.6 Å². The molecule has 0 aromatic heterocycles. The van der Waals surface area contributed by atoms with Crippen molar-refractivity contribution in [2.45, 2.75) is 4.90 Å². The first-order chi connectivity index (χ1) is 10.9. The summed E-state index contributed by atoms with van der Waals surface area (Å²) < 4.78 is 37.6. The number of nitrogens with zero attached hydrogens (tertiary/aromatic N) is 1. The van der Waals surface area contributed by atoms with E-state index >= 15 is 0 Å². The zero-order valence-corrected chi connectivity index (χ0v) is 13.9. The number of anilines is 1. The van der Waals surface area contributed by atoms with E-state index in [4.69, 9.17) is 26.3 Å². The minimum atomic E-state index is -3.95. The third-order valence-electron chi connectivity index (χ3n) is 3.01. The lowest BCUT2D eigenvalue weighted by Gasteiger charge is -2.13. The second kappa shape index (κ2) is 6.77. The first kappa shape index (κ1) is 16.9. The van der Waals surface area contributed by atoms with Gasteiger partial charge in [0, 0.05) is 11.1 Å². The lowest BCUT2D eigenvalue weighted by molar-refractivity contribution is 0.386. The van der Waals surface area contributed by atoms with Gasteiger partial charge in [0.05, 0.1) is 25.5 Å². The summed E-state index contributed by atoms with van der Waals surface area (Å²) in [6.07, 6.45) is 0. The van der Waals surface area contributed by atoms with Crippen molar-refractivity contribution < 1.29 is 17.9 Å². The fourth-order valence-electron chi connectivity index (χ4n) is 1.89. The van der Waals surface area contributed by atoms with Crippen LogP contribution in [-0.2, 0) is 10.0 Å². The third-order valence-corrected chi connectivity index (χ3v) is 4.65. The number of benzene rings is 2. The van der Waals surface area contributed by atoms with Gasteiger partial charge in [0.15, 0.2) is 0 Å². The largest absolute Gasteiger partial charge is 0.497 e. The lowest BCUT2D eigenvalue weighted by Crippen LogP contribution is -2.15. The predicted molar refractivity (Wildman–Crippen MR) is 86.5 cm³/mol. The van der Waals surface area contributed by atoms with Gasteiger partial charge in [-0.2, -0.15) is 5.26 Å². The Kier molecular flexibility index (Phi) is 4.98. The molecule has 0 spiro atoms. The average molecular weight is 353 g/mol. The molecule has 0 unspecified atom stereocenters. The molecule has 8 heteroatoms. The topological polar surface area (TPSA) is 88.4 Å². The van der Waals surface area contributed by atoms with E-state index in [1.165, 1.54) is 50.6 Å². The Balaban J connectivity index is 2.46. The van der Waals surface area contributed by atoms with Gasteiger partial charge < -0.3 is 9.47 Å². The number of halogens is 1. The Bertz CT molecular complexity index is 876.